The van der Waals surface area contributed by atoms with Crippen LogP contribution >= 0.6 is 11.8 Å². The summed E-state index contributed by atoms with van der Waals surface area (Å²) in [6.45, 7) is 0. The van der Waals surface area contributed by atoms with Gasteiger partial charge in [-0.25, -0.2) is 14.8 Å². The van der Waals surface area contributed by atoms with Crippen LogP contribution in [0.4, 0.5) is 0 Å². The zero-order valence-electron chi connectivity index (χ0n) is 9.53. The molecular weight excluding hydrogens is 252 g/mol. The highest BCUT2D eigenvalue weighted by molar-refractivity contribution is 7.99. The number of carbonyl (C=O) groups is 1. The summed E-state index contributed by atoms with van der Waals surface area (Å²) in [5.74, 6) is -0.337. The van der Waals surface area contributed by atoms with Gasteiger partial charge in [0, 0.05) is 17.3 Å². The lowest BCUT2D eigenvalue weighted by molar-refractivity contribution is 0.0685. The quantitative estimate of drug-likeness (QED) is 0.911. The van der Waals surface area contributed by atoms with Crippen LogP contribution in [0.1, 0.15) is 10.5 Å². The number of nitrogens with zero attached hydrogens (tertiary/aromatic N) is 2. The van der Waals surface area contributed by atoms with Crippen LogP contribution in [0.2, 0.25) is 0 Å². The monoisotopic (exact) mass is 262 g/mol. The summed E-state index contributed by atoms with van der Waals surface area (Å²) in [4.78, 5) is 19.7. The number of hydrogen-bond acceptors (Lipinski definition) is 5. The van der Waals surface area contributed by atoms with Crippen molar-refractivity contribution in [1.82, 2.24) is 9.97 Å². The summed E-state index contributed by atoms with van der Waals surface area (Å²) in [6.07, 6.45) is 2.83. The van der Waals surface area contributed by atoms with E-state index in [0.29, 0.717) is 5.03 Å². The number of methoxy groups -OCH3 is 1. The van der Waals surface area contributed by atoms with E-state index in [1.54, 1.807) is 19.2 Å². The zero-order chi connectivity index (χ0) is 13.0. The van der Waals surface area contributed by atoms with Crippen molar-refractivity contribution in [2.45, 2.75) is 9.92 Å². The molecule has 0 aliphatic heterocycles. The number of benzene rings is 1. The average Bonchev–Trinajstić information content (AvgIpc) is 2.40. The average molecular weight is 262 g/mol. The Morgan fingerprint density at radius 3 is 2.50 bits per heavy atom. The van der Waals surface area contributed by atoms with Gasteiger partial charge < -0.3 is 9.84 Å². The molecule has 1 aromatic heterocycles. The molecule has 0 bridgehead atoms. The highest BCUT2D eigenvalue weighted by Crippen LogP contribution is 2.28. The van der Waals surface area contributed by atoms with Gasteiger partial charge in [0.05, 0.1) is 7.11 Å². The largest absolute Gasteiger partial charge is 0.497 e. The molecule has 0 radical (unpaired) electrons. The third-order valence-electron chi connectivity index (χ3n) is 2.14. The van der Waals surface area contributed by atoms with Crippen LogP contribution in [0.3, 0.4) is 0 Å². The molecule has 2 aromatic rings. The molecule has 92 valence electrons. The Morgan fingerprint density at radius 1 is 1.22 bits per heavy atom. The lowest BCUT2D eigenvalue weighted by Crippen LogP contribution is -2.03. The number of aromatic nitrogens is 2. The van der Waals surface area contributed by atoms with E-state index in [1.807, 2.05) is 12.1 Å². The minimum atomic E-state index is -1.08. The number of aromatic carboxylic acids is 1. The summed E-state index contributed by atoms with van der Waals surface area (Å²) in [7, 11) is 1.59. The molecule has 0 unspecified atom stereocenters. The number of rotatable bonds is 4. The van der Waals surface area contributed by atoms with Crippen LogP contribution in [-0.2, 0) is 0 Å². The minimum Gasteiger partial charge on any atom is -0.497 e. The number of ether oxygens (including phenoxy) is 1. The fourth-order valence-electron chi connectivity index (χ4n) is 1.30. The maximum absolute atomic E-state index is 11.0. The molecule has 1 aromatic carbocycles. The Balaban J connectivity index is 2.25. The van der Waals surface area contributed by atoms with E-state index >= 15 is 0 Å². The van der Waals surface area contributed by atoms with Gasteiger partial charge >= 0.3 is 5.97 Å². The van der Waals surface area contributed by atoms with Crippen molar-refractivity contribution >= 4 is 17.7 Å². The Kier molecular flexibility index (Phi) is 3.78. The predicted octanol–water partition coefficient (Wildman–Crippen LogP) is 2.33. The smallest absolute Gasteiger partial charge is 0.357 e. The summed E-state index contributed by atoms with van der Waals surface area (Å²) >= 11 is 1.25. The van der Waals surface area contributed by atoms with Gasteiger partial charge in [0.25, 0.3) is 0 Å². The van der Waals surface area contributed by atoms with Gasteiger partial charge in [0.15, 0.2) is 5.69 Å². The topological polar surface area (TPSA) is 72.3 Å². The summed E-state index contributed by atoms with van der Waals surface area (Å²) < 4.78 is 5.05. The van der Waals surface area contributed by atoms with E-state index in [0.717, 1.165) is 10.6 Å². The number of hydrogen-bond donors (Lipinski definition) is 1. The fourth-order valence-corrected chi connectivity index (χ4v) is 2.15. The Bertz CT molecular complexity index is 558. The molecule has 0 saturated heterocycles. The highest BCUT2D eigenvalue weighted by atomic mass is 32.2. The highest BCUT2D eigenvalue weighted by Gasteiger charge is 2.13. The maximum Gasteiger partial charge on any atom is 0.357 e. The van der Waals surface area contributed by atoms with Gasteiger partial charge in [-0.3, -0.25) is 0 Å². The first-order valence-electron chi connectivity index (χ1n) is 5.07. The molecule has 0 aliphatic rings. The van der Waals surface area contributed by atoms with Crippen molar-refractivity contribution in [3.63, 3.8) is 0 Å². The maximum atomic E-state index is 11.0. The second-order valence-corrected chi connectivity index (χ2v) is 4.36. The van der Waals surface area contributed by atoms with Gasteiger partial charge in [-0.2, -0.15) is 0 Å². The first-order chi connectivity index (χ1) is 8.70. The third-order valence-corrected chi connectivity index (χ3v) is 3.14. The molecule has 0 saturated carbocycles. The van der Waals surface area contributed by atoms with Crippen LogP contribution in [0, 0.1) is 0 Å². The SMILES string of the molecule is COc1ccc(Sc2nccnc2C(=O)O)cc1. The summed E-state index contributed by atoms with van der Waals surface area (Å²) in [5, 5.41) is 9.36. The van der Waals surface area contributed by atoms with Gasteiger partial charge in [-0.1, -0.05) is 11.8 Å². The van der Waals surface area contributed by atoms with Gasteiger partial charge in [-0.05, 0) is 24.3 Å². The molecule has 2 rings (SSSR count). The molecular formula is C12H10N2O3S. The van der Waals surface area contributed by atoms with Crippen molar-refractivity contribution in [3.05, 3.63) is 42.4 Å². The minimum absolute atomic E-state index is 0.0432. The molecule has 0 spiro atoms. The lowest BCUT2D eigenvalue weighted by Gasteiger charge is -2.04. The fraction of sp³-hybridized carbons (Fsp3) is 0.0833. The van der Waals surface area contributed by atoms with E-state index in [9.17, 15) is 4.79 Å². The molecule has 5 nitrogen and oxygen atoms in total. The molecule has 18 heavy (non-hydrogen) atoms. The molecule has 1 N–H and O–H groups in total. The zero-order valence-corrected chi connectivity index (χ0v) is 10.3. The van der Waals surface area contributed by atoms with E-state index in [2.05, 4.69) is 9.97 Å². The standard InChI is InChI=1S/C12H10N2O3S/c1-17-8-2-4-9(5-3-8)18-11-10(12(15)16)13-6-7-14-11/h2-7H,1H3,(H,15,16). The molecule has 6 heteroatoms. The van der Waals surface area contributed by atoms with Gasteiger partial charge in [0.2, 0.25) is 0 Å². The van der Waals surface area contributed by atoms with Crippen molar-refractivity contribution in [1.29, 1.82) is 0 Å². The molecule has 0 aliphatic carbocycles. The summed E-state index contributed by atoms with van der Waals surface area (Å²) in [6, 6.07) is 7.28. The normalized spacial score (nSPS) is 10.1. The first-order valence-corrected chi connectivity index (χ1v) is 5.88. The first kappa shape index (κ1) is 12.4. The van der Waals surface area contributed by atoms with E-state index in [4.69, 9.17) is 9.84 Å². The summed E-state index contributed by atoms with van der Waals surface area (Å²) in [5.41, 5.74) is -0.0432. The van der Waals surface area contributed by atoms with Gasteiger partial charge in [0.1, 0.15) is 10.8 Å². The van der Waals surface area contributed by atoms with Crippen molar-refractivity contribution in [2.24, 2.45) is 0 Å². The van der Waals surface area contributed by atoms with E-state index in [-0.39, 0.29) is 5.69 Å². The van der Waals surface area contributed by atoms with Crippen molar-refractivity contribution in [3.8, 4) is 5.75 Å². The Morgan fingerprint density at radius 2 is 1.89 bits per heavy atom. The van der Waals surface area contributed by atoms with Crippen LogP contribution in [-0.4, -0.2) is 28.2 Å². The number of carboxylic acid groups (broad SMARTS) is 1. The van der Waals surface area contributed by atoms with Crippen LogP contribution < -0.4 is 4.74 Å². The molecule has 0 amide bonds. The van der Waals surface area contributed by atoms with Crippen LogP contribution in [0.25, 0.3) is 0 Å². The second-order valence-electron chi connectivity index (χ2n) is 3.29. The Hall–Kier alpha value is -2.08. The second kappa shape index (κ2) is 5.50. The van der Waals surface area contributed by atoms with Crippen molar-refractivity contribution < 1.29 is 14.6 Å². The third kappa shape index (κ3) is 2.78. The molecule has 0 fully saturated rings. The Labute approximate surface area is 108 Å². The molecule has 1 heterocycles. The number of carboxylic acids is 1. The van der Waals surface area contributed by atoms with Crippen LogP contribution in [0.15, 0.2) is 46.6 Å². The predicted molar refractivity (Wildman–Crippen MR) is 66.1 cm³/mol. The van der Waals surface area contributed by atoms with E-state index in [1.165, 1.54) is 24.2 Å². The lowest BCUT2D eigenvalue weighted by atomic mass is 10.3. The van der Waals surface area contributed by atoms with Crippen molar-refractivity contribution in [2.75, 3.05) is 7.11 Å². The molecule has 0 atom stereocenters. The van der Waals surface area contributed by atoms with Gasteiger partial charge in [-0.15, -0.1) is 0 Å². The van der Waals surface area contributed by atoms with E-state index < -0.39 is 5.97 Å². The van der Waals surface area contributed by atoms with Crippen LogP contribution in [0.5, 0.6) is 5.75 Å².